The molecule has 3 amide bonds. The zero-order valence-corrected chi connectivity index (χ0v) is 14.9. The molecule has 1 heterocycles. The third-order valence-electron chi connectivity index (χ3n) is 4.27. The average molecular weight is 379 g/mol. The van der Waals surface area contributed by atoms with Gasteiger partial charge in [0.05, 0.1) is 0 Å². The Bertz CT molecular complexity index is 992. The van der Waals surface area contributed by atoms with Crippen LogP contribution >= 0.6 is 0 Å². The van der Waals surface area contributed by atoms with Crippen molar-refractivity contribution < 1.29 is 18.4 Å². The summed E-state index contributed by atoms with van der Waals surface area (Å²) in [4.78, 5) is 24.1. The van der Waals surface area contributed by atoms with Crippen LogP contribution in [0, 0.1) is 5.82 Å². The monoisotopic (exact) mass is 379 g/mol. The quantitative estimate of drug-likeness (QED) is 0.605. The van der Waals surface area contributed by atoms with Gasteiger partial charge in [-0.1, -0.05) is 0 Å². The van der Waals surface area contributed by atoms with Crippen molar-refractivity contribution in [1.82, 2.24) is 5.32 Å². The Balaban J connectivity index is 1.36. The van der Waals surface area contributed by atoms with E-state index < -0.39 is 5.91 Å². The van der Waals surface area contributed by atoms with Gasteiger partial charge in [0.1, 0.15) is 11.6 Å². The van der Waals surface area contributed by atoms with Crippen LogP contribution in [0.1, 0.15) is 23.4 Å². The highest BCUT2D eigenvalue weighted by atomic mass is 19.1. The zero-order chi connectivity index (χ0) is 19.5. The van der Waals surface area contributed by atoms with Crippen molar-refractivity contribution in [1.29, 1.82) is 0 Å². The lowest BCUT2D eigenvalue weighted by Crippen LogP contribution is -2.30. The largest absolute Gasteiger partial charge is 0.451 e. The number of anilines is 2. The summed E-state index contributed by atoms with van der Waals surface area (Å²) < 4.78 is 18.6. The number of hydrogen-bond donors (Lipinski definition) is 3. The number of hydrogen-bond acceptors (Lipinski definition) is 3. The molecule has 1 aromatic heterocycles. The molecule has 1 fully saturated rings. The summed E-state index contributed by atoms with van der Waals surface area (Å²) in [7, 11) is 0. The first-order valence-electron chi connectivity index (χ1n) is 8.91. The maximum atomic E-state index is 13.0. The summed E-state index contributed by atoms with van der Waals surface area (Å²) in [5, 5.41) is 8.31. The van der Waals surface area contributed by atoms with Crippen molar-refractivity contribution in [2.45, 2.75) is 18.9 Å². The molecule has 0 bridgehead atoms. The topological polar surface area (TPSA) is 83.4 Å². The second-order valence-corrected chi connectivity index (χ2v) is 6.57. The molecule has 0 aliphatic heterocycles. The molecule has 0 radical (unpaired) electrons. The minimum Gasteiger partial charge on any atom is -0.451 e. The van der Waals surface area contributed by atoms with E-state index in [0.717, 1.165) is 12.8 Å². The molecule has 0 atom stereocenters. The van der Waals surface area contributed by atoms with Crippen LogP contribution in [0.15, 0.2) is 65.1 Å². The van der Waals surface area contributed by atoms with Crippen LogP contribution < -0.4 is 16.0 Å². The normalized spacial score (nSPS) is 13.0. The van der Waals surface area contributed by atoms with Crippen molar-refractivity contribution in [3.05, 3.63) is 72.2 Å². The second-order valence-electron chi connectivity index (χ2n) is 6.57. The summed E-state index contributed by atoms with van der Waals surface area (Å²) in [6.45, 7) is 0. The number of carbonyl (C=O) groups excluding carboxylic acids is 2. The fraction of sp³-hybridized carbons (Fsp3) is 0.143. The molecule has 0 saturated heterocycles. The minimum atomic E-state index is -0.402. The molecular weight excluding hydrogens is 361 g/mol. The number of carbonyl (C=O) groups is 2. The van der Waals surface area contributed by atoms with Gasteiger partial charge in [-0.05, 0) is 73.5 Å². The van der Waals surface area contributed by atoms with Crippen molar-refractivity contribution in [2.24, 2.45) is 0 Å². The first-order valence-corrected chi connectivity index (χ1v) is 8.91. The van der Waals surface area contributed by atoms with Gasteiger partial charge in [-0.3, -0.25) is 4.79 Å². The number of nitrogens with one attached hydrogen (secondary N) is 3. The lowest BCUT2D eigenvalue weighted by atomic mass is 10.2. The highest BCUT2D eigenvalue weighted by Gasteiger charge is 2.23. The van der Waals surface area contributed by atoms with E-state index in [-0.39, 0.29) is 23.7 Å². The van der Waals surface area contributed by atoms with Crippen LogP contribution in [-0.4, -0.2) is 18.0 Å². The van der Waals surface area contributed by atoms with Crippen LogP contribution in [0.5, 0.6) is 0 Å². The summed E-state index contributed by atoms with van der Waals surface area (Å²) in [5.41, 5.74) is 1.88. The smallest absolute Gasteiger partial charge is 0.319 e. The van der Waals surface area contributed by atoms with Gasteiger partial charge in [0, 0.05) is 23.0 Å². The predicted octanol–water partition coefficient (Wildman–Crippen LogP) is 4.62. The Morgan fingerprint density at radius 1 is 0.857 bits per heavy atom. The third-order valence-corrected chi connectivity index (χ3v) is 4.27. The molecule has 142 valence electrons. The number of urea groups is 1. The van der Waals surface area contributed by atoms with Gasteiger partial charge < -0.3 is 20.4 Å². The molecule has 4 rings (SSSR count). The predicted molar refractivity (Wildman–Crippen MR) is 104 cm³/mol. The van der Waals surface area contributed by atoms with E-state index in [1.165, 1.54) is 12.1 Å². The number of halogens is 1. The van der Waals surface area contributed by atoms with Crippen LogP contribution in [-0.2, 0) is 0 Å². The summed E-state index contributed by atoms with van der Waals surface area (Å²) >= 11 is 0. The average Bonchev–Trinajstić information content (AvgIpc) is 3.35. The number of amides is 3. The summed E-state index contributed by atoms with van der Waals surface area (Å²) in [6, 6.07) is 15.9. The molecule has 7 heteroatoms. The summed E-state index contributed by atoms with van der Waals surface area (Å²) in [5.74, 6) is -0.117. The van der Waals surface area contributed by atoms with E-state index >= 15 is 0 Å². The standard InChI is InChI=1S/C21H18FN3O3/c22-14-3-1-13(2-4-14)18-11-12-19(28-18)20(26)23-15-5-7-16(8-6-15)24-21(27)25-17-9-10-17/h1-8,11-12,17H,9-10H2,(H,23,26)(H2,24,25,27). The van der Waals surface area contributed by atoms with Gasteiger partial charge in [-0.15, -0.1) is 0 Å². The molecule has 1 aliphatic carbocycles. The fourth-order valence-corrected chi connectivity index (χ4v) is 2.64. The molecule has 28 heavy (non-hydrogen) atoms. The second kappa shape index (κ2) is 7.56. The first kappa shape index (κ1) is 17.8. The van der Waals surface area contributed by atoms with Gasteiger partial charge in [0.25, 0.3) is 5.91 Å². The van der Waals surface area contributed by atoms with E-state index in [9.17, 15) is 14.0 Å². The van der Waals surface area contributed by atoms with Gasteiger partial charge in [-0.25, -0.2) is 9.18 Å². The highest BCUT2D eigenvalue weighted by Crippen LogP contribution is 2.23. The molecular formula is C21H18FN3O3. The third kappa shape index (κ3) is 4.37. The van der Waals surface area contributed by atoms with Gasteiger partial charge in [0.15, 0.2) is 5.76 Å². The lowest BCUT2D eigenvalue weighted by Gasteiger charge is -2.08. The fourth-order valence-electron chi connectivity index (χ4n) is 2.64. The van der Waals surface area contributed by atoms with E-state index in [2.05, 4.69) is 16.0 Å². The molecule has 2 aromatic carbocycles. The highest BCUT2D eigenvalue weighted by molar-refractivity contribution is 6.02. The van der Waals surface area contributed by atoms with Crippen LogP contribution in [0.25, 0.3) is 11.3 Å². The van der Waals surface area contributed by atoms with Crippen molar-refractivity contribution in [3.8, 4) is 11.3 Å². The molecule has 3 N–H and O–H groups in total. The first-order chi connectivity index (χ1) is 13.6. The maximum Gasteiger partial charge on any atom is 0.319 e. The Labute approximate surface area is 160 Å². The maximum absolute atomic E-state index is 13.0. The molecule has 0 spiro atoms. The Morgan fingerprint density at radius 2 is 1.50 bits per heavy atom. The van der Waals surface area contributed by atoms with Crippen LogP contribution in [0.4, 0.5) is 20.6 Å². The Kier molecular flexibility index (Phi) is 4.80. The lowest BCUT2D eigenvalue weighted by molar-refractivity contribution is 0.0997. The van der Waals surface area contributed by atoms with Crippen molar-refractivity contribution in [2.75, 3.05) is 10.6 Å². The molecule has 0 unspecified atom stereocenters. The summed E-state index contributed by atoms with van der Waals surface area (Å²) in [6.07, 6.45) is 2.04. The van der Waals surface area contributed by atoms with Crippen LogP contribution in [0.2, 0.25) is 0 Å². The molecule has 6 nitrogen and oxygen atoms in total. The van der Waals surface area contributed by atoms with Gasteiger partial charge in [-0.2, -0.15) is 0 Å². The van der Waals surface area contributed by atoms with Crippen molar-refractivity contribution >= 4 is 23.3 Å². The molecule has 1 aliphatic rings. The molecule has 3 aromatic rings. The molecule has 1 saturated carbocycles. The van der Waals surface area contributed by atoms with E-state index in [0.29, 0.717) is 22.7 Å². The van der Waals surface area contributed by atoms with Gasteiger partial charge in [0.2, 0.25) is 0 Å². The van der Waals surface area contributed by atoms with E-state index in [1.807, 2.05) is 0 Å². The zero-order valence-electron chi connectivity index (χ0n) is 14.9. The Morgan fingerprint density at radius 3 is 2.14 bits per heavy atom. The van der Waals surface area contributed by atoms with Crippen molar-refractivity contribution in [3.63, 3.8) is 0 Å². The van der Waals surface area contributed by atoms with E-state index in [4.69, 9.17) is 4.42 Å². The van der Waals surface area contributed by atoms with E-state index in [1.54, 1.807) is 48.5 Å². The number of rotatable bonds is 5. The minimum absolute atomic E-state index is 0.144. The van der Waals surface area contributed by atoms with Gasteiger partial charge >= 0.3 is 6.03 Å². The Hall–Kier alpha value is -3.61. The number of furan rings is 1. The van der Waals surface area contributed by atoms with Crippen LogP contribution in [0.3, 0.4) is 0 Å². The SMILES string of the molecule is O=C(Nc1ccc(NC(=O)c2ccc(-c3ccc(F)cc3)o2)cc1)NC1CC1. The number of benzene rings is 2.